The fourth-order valence-electron chi connectivity index (χ4n) is 4.16. The van der Waals surface area contributed by atoms with Crippen molar-refractivity contribution in [3.05, 3.63) is 106 Å². The highest BCUT2D eigenvalue weighted by atomic mass is 19.4. The minimum absolute atomic E-state index is 0.152. The van der Waals surface area contributed by atoms with Crippen LogP contribution in [0, 0.1) is 20.8 Å². The molecule has 40 heavy (non-hydrogen) atoms. The number of nitrogens with zero attached hydrogens (tertiary/aromatic N) is 5. The van der Waals surface area contributed by atoms with Gasteiger partial charge in [-0.2, -0.15) is 23.1 Å². The number of amides is 1. The Morgan fingerprint density at radius 3 is 2.50 bits per heavy atom. The molecule has 0 saturated heterocycles. The van der Waals surface area contributed by atoms with Crippen molar-refractivity contribution in [2.45, 2.75) is 26.9 Å². The molecule has 0 radical (unpaired) electrons. The molecule has 0 aliphatic carbocycles. The summed E-state index contributed by atoms with van der Waals surface area (Å²) in [5, 5.41) is 6.24. The molecule has 1 amide bonds. The first kappa shape index (κ1) is 26.5. The number of hydrogen-bond donors (Lipinski definition) is 2. The Balaban J connectivity index is 1.48. The predicted octanol–water partition coefficient (Wildman–Crippen LogP) is 5.51. The number of benzene rings is 2. The van der Waals surface area contributed by atoms with Crippen LogP contribution in [0.25, 0.3) is 16.7 Å². The summed E-state index contributed by atoms with van der Waals surface area (Å²) in [5.41, 5.74) is 2.13. The molecular weight excluding hydrogens is 523 g/mol. The van der Waals surface area contributed by atoms with Crippen molar-refractivity contribution in [2.24, 2.45) is 0 Å². The van der Waals surface area contributed by atoms with Gasteiger partial charge < -0.3 is 10.6 Å². The molecule has 0 bridgehead atoms. The molecule has 2 N–H and O–H groups in total. The number of carbonyl (C=O) groups is 1. The van der Waals surface area contributed by atoms with Gasteiger partial charge in [0.15, 0.2) is 5.65 Å². The van der Waals surface area contributed by atoms with Crippen molar-refractivity contribution >= 4 is 34.3 Å². The molecular formula is C28H22F3N7O2. The normalized spacial score (nSPS) is 11.4. The zero-order valence-electron chi connectivity index (χ0n) is 21.5. The van der Waals surface area contributed by atoms with Crippen molar-refractivity contribution < 1.29 is 18.0 Å². The lowest BCUT2D eigenvalue weighted by atomic mass is 10.1. The van der Waals surface area contributed by atoms with Crippen molar-refractivity contribution in [3.8, 4) is 5.69 Å². The van der Waals surface area contributed by atoms with Gasteiger partial charge in [-0.05, 0) is 68.3 Å². The molecule has 0 aliphatic rings. The van der Waals surface area contributed by atoms with Gasteiger partial charge in [-0.1, -0.05) is 12.1 Å². The third-order valence-corrected chi connectivity index (χ3v) is 6.31. The summed E-state index contributed by atoms with van der Waals surface area (Å²) >= 11 is 0. The van der Waals surface area contributed by atoms with Crippen molar-refractivity contribution in [3.63, 3.8) is 0 Å². The zero-order chi connectivity index (χ0) is 28.6. The summed E-state index contributed by atoms with van der Waals surface area (Å²) in [5.74, 6) is -0.458. The van der Waals surface area contributed by atoms with Gasteiger partial charge in [-0.15, -0.1) is 0 Å². The lowest BCUT2D eigenvalue weighted by molar-refractivity contribution is -0.137. The van der Waals surface area contributed by atoms with E-state index in [4.69, 9.17) is 0 Å². The Morgan fingerprint density at radius 2 is 1.75 bits per heavy atom. The highest BCUT2D eigenvalue weighted by molar-refractivity contribution is 6.04. The SMILES string of the molecule is Cc1cnccc1Nc1ncc2c(C)n(-c3cc(NC(=O)c4cccc(C(F)(F)F)c4)ccc3C)c(=O)nc2n1. The number of carbonyl (C=O) groups excluding carboxylic acids is 1. The number of nitrogens with one attached hydrogen (secondary N) is 2. The number of pyridine rings is 1. The molecule has 5 aromatic rings. The van der Waals surface area contributed by atoms with Gasteiger partial charge in [-0.25, -0.2) is 9.78 Å². The molecule has 202 valence electrons. The fraction of sp³-hybridized carbons (Fsp3) is 0.143. The van der Waals surface area contributed by atoms with Crippen LogP contribution in [0.3, 0.4) is 0 Å². The lowest BCUT2D eigenvalue weighted by Crippen LogP contribution is -2.25. The van der Waals surface area contributed by atoms with Crippen LogP contribution in [0.4, 0.5) is 30.5 Å². The van der Waals surface area contributed by atoms with E-state index in [-0.39, 0.29) is 22.8 Å². The molecule has 0 spiro atoms. The number of rotatable bonds is 5. The van der Waals surface area contributed by atoms with E-state index < -0.39 is 23.3 Å². The van der Waals surface area contributed by atoms with E-state index in [1.807, 2.05) is 6.92 Å². The predicted molar refractivity (Wildman–Crippen MR) is 144 cm³/mol. The molecule has 5 rings (SSSR count). The average Bonchev–Trinajstić information content (AvgIpc) is 2.91. The van der Waals surface area contributed by atoms with Crippen LogP contribution in [0.5, 0.6) is 0 Å². The number of aromatic nitrogens is 5. The maximum absolute atomic E-state index is 13.2. The number of anilines is 3. The standard InChI is InChI=1S/C28H22F3N7O2/c1-15-7-8-20(34-25(39)18-5-4-6-19(11-18)28(29,30)31)12-23(15)38-17(3)21-14-33-26(36-24(21)37-27(38)40)35-22-9-10-32-13-16(22)2/h4-14H,1-3H3,(H,34,39)(H,32,35,36,37,40). The average molecular weight is 546 g/mol. The molecule has 0 saturated carbocycles. The van der Waals surface area contributed by atoms with E-state index in [2.05, 4.69) is 30.6 Å². The second-order valence-electron chi connectivity index (χ2n) is 9.10. The highest BCUT2D eigenvalue weighted by Gasteiger charge is 2.31. The second-order valence-corrected chi connectivity index (χ2v) is 9.10. The first-order valence-electron chi connectivity index (χ1n) is 12.0. The molecule has 0 aliphatic heterocycles. The lowest BCUT2D eigenvalue weighted by Gasteiger charge is -2.16. The minimum Gasteiger partial charge on any atom is -0.324 e. The van der Waals surface area contributed by atoms with Crippen LogP contribution in [0.1, 0.15) is 32.7 Å². The van der Waals surface area contributed by atoms with Crippen LogP contribution in [-0.4, -0.2) is 30.4 Å². The topological polar surface area (TPSA) is 115 Å². The van der Waals surface area contributed by atoms with Gasteiger partial charge in [0, 0.05) is 41.2 Å². The number of aryl methyl sites for hydroxylation is 3. The third-order valence-electron chi connectivity index (χ3n) is 6.31. The maximum Gasteiger partial charge on any atom is 0.416 e. The Hall–Kier alpha value is -5.13. The summed E-state index contributed by atoms with van der Waals surface area (Å²) < 4.78 is 40.6. The molecule has 0 unspecified atom stereocenters. The smallest absolute Gasteiger partial charge is 0.324 e. The van der Waals surface area contributed by atoms with Crippen LogP contribution >= 0.6 is 0 Å². The quantitative estimate of drug-likeness (QED) is 0.299. The molecule has 0 atom stereocenters. The van der Waals surface area contributed by atoms with Gasteiger partial charge in [0.2, 0.25) is 5.95 Å². The molecule has 3 aromatic heterocycles. The minimum atomic E-state index is -4.58. The van der Waals surface area contributed by atoms with Gasteiger partial charge in [0.05, 0.1) is 16.6 Å². The van der Waals surface area contributed by atoms with E-state index in [1.165, 1.54) is 16.7 Å². The van der Waals surface area contributed by atoms with Crippen LogP contribution in [0.2, 0.25) is 0 Å². The maximum atomic E-state index is 13.2. The molecule has 3 heterocycles. The second kappa shape index (κ2) is 10.2. The first-order valence-corrected chi connectivity index (χ1v) is 12.0. The van der Waals surface area contributed by atoms with E-state index in [9.17, 15) is 22.8 Å². The summed E-state index contributed by atoms with van der Waals surface area (Å²) in [6, 6.07) is 10.8. The zero-order valence-corrected chi connectivity index (χ0v) is 21.5. The fourth-order valence-corrected chi connectivity index (χ4v) is 4.16. The van der Waals surface area contributed by atoms with Crippen molar-refractivity contribution in [1.29, 1.82) is 0 Å². The Morgan fingerprint density at radius 1 is 0.950 bits per heavy atom. The number of hydrogen-bond acceptors (Lipinski definition) is 7. The largest absolute Gasteiger partial charge is 0.416 e. The van der Waals surface area contributed by atoms with E-state index >= 15 is 0 Å². The monoisotopic (exact) mass is 545 g/mol. The summed E-state index contributed by atoms with van der Waals surface area (Å²) in [4.78, 5) is 42.9. The van der Waals surface area contributed by atoms with Gasteiger partial charge >= 0.3 is 11.9 Å². The summed E-state index contributed by atoms with van der Waals surface area (Å²) in [6.45, 7) is 5.39. The number of fused-ring (bicyclic) bond motifs is 1. The Bertz CT molecular complexity index is 1830. The molecule has 9 nitrogen and oxygen atoms in total. The van der Waals surface area contributed by atoms with Crippen LogP contribution < -0.4 is 16.3 Å². The van der Waals surface area contributed by atoms with E-state index in [1.54, 1.807) is 56.7 Å². The summed E-state index contributed by atoms with van der Waals surface area (Å²) in [6.07, 6.45) is 0.320. The molecule has 12 heteroatoms. The summed E-state index contributed by atoms with van der Waals surface area (Å²) in [7, 11) is 0. The van der Waals surface area contributed by atoms with Gasteiger partial charge in [-0.3, -0.25) is 14.3 Å². The number of halogens is 3. The van der Waals surface area contributed by atoms with Crippen LogP contribution in [-0.2, 0) is 6.18 Å². The van der Waals surface area contributed by atoms with Gasteiger partial charge in [0.25, 0.3) is 5.91 Å². The molecule has 2 aromatic carbocycles. The Kier molecular flexibility index (Phi) is 6.76. The van der Waals surface area contributed by atoms with Crippen LogP contribution in [0.15, 0.2) is 71.9 Å². The number of alkyl halides is 3. The first-order chi connectivity index (χ1) is 19.0. The van der Waals surface area contributed by atoms with E-state index in [0.717, 1.165) is 23.4 Å². The molecule has 0 fully saturated rings. The van der Waals surface area contributed by atoms with Gasteiger partial charge in [0.1, 0.15) is 0 Å². The Labute approximate surface area is 225 Å². The van der Waals surface area contributed by atoms with Crippen molar-refractivity contribution in [1.82, 2.24) is 24.5 Å². The van der Waals surface area contributed by atoms with E-state index in [0.29, 0.717) is 22.3 Å². The van der Waals surface area contributed by atoms with Crippen molar-refractivity contribution in [2.75, 3.05) is 10.6 Å². The third kappa shape index (κ3) is 5.23. The highest BCUT2D eigenvalue weighted by Crippen LogP contribution is 2.30.